The maximum atomic E-state index is 11.3. The van der Waals surface area contributed by atoms with E-state index in [2.05, 4.69) is 15.3 Å². The summed E-state index contributed by atoms with van der Waals surface area (Å²) < 4.78 is 0. The van der Waals surface area contributed by atoms with E-state index in [4.69, 9.17) is 10.2 Å². The number of carboxylic acid groups (broad SMARTS) is 1. The summed E-state index contributed by atoms with van der Waals surface area (Å²) in [6.45, 7) is 0.200. The minimum Gasteiger partial charge on any atom is -0.476 e. The van der Waals surface area contributed by atoms with Gasteiger partial charge in [0.15, 0.2) is 17.8 Å². The predicted molar refractivity (Wildman–Crippen MR) is 75.8 cm³/mol. The van der Waals surface area contributed by atoms with Crippen LogP contribution in [-0.2, 0) is 0 Å². The Balaban J connectivity index is 2.25. The third kappa shape index (κ3) is 3.98. The lowest BCUT2D eigenvalue weighted by atomic mass is 10.2. The van der Waals surface area contributed by atoms with Gasteiger partial charge in [-0.2, -0.15) is 0 Å². The number of hydrogen-bond acceptors (Lipinski definition) is 6. The fourth-order valence-corrected chi connectivity index (χ4v) is 1.74. The van der Waals surface area contributed by atoms with E-state index >= 15 is 0 Å². The molecule has 0 spiro atoms. The molecule has 0 fully saturated rings. The van der Waals surface area contributed by atoms with E-state index in [-0.39, 0.29) is 24.3 Å². The van der Waals surface area contributed by atoms with Gasteiger partial charge in [-0.15, -0.1) is 0 Å². The number of rotatable bonds is 6. The Kier molecular flexibility index (Phi) is 4.81. The van der Waals surface area contributed by atoms with Crippen LogP contribution in [-0.4, -0.2) is 44.1 Å². The van der Waals surface area contributed by atoms with E-state index in [9.17, 15) is 9.90 Å². The van der Waals surface area contributed by atoms with E-state index in [1.165, 1.54) is 6.20 Å². The van der Waals surface area contributed by atoms with Crippen LogP contribution in [0.3, 0.4) is 0 Å². The molecular weight excluding hydrogens is 274 g/mol. The normalized spacial score (nSPS) is 10.6. The lowest BCUT2D eigenvalue weighted by Crippen LogP contribution is -2.15. The first-order valence-corrected chi connectivity index (χ1v) is 6.33. The van der Waals surface area contributed by atoms with Gasteiger partial charge in [-0.3, -0.25) is 0 Å². The predicted octanol–water partition coefficient (Wildman–Crippen LogP) is 0.954. The first-order chi connectivity index (χ1) is 10.1. The van der Waals surface area contributed by atoms with Crippen LogP contribution in [0.15, 0.2) is 36.5 Å². The lowest BCUT2D eigenvalue weighted by Gasteiger charge is -2.10. The third-order valence-electron chi connectivity index (χ3n) is 2.74. The SMILES string of the molecule is O=C(O)c1nc(-c2ccccc2)ncc1NCCC(O)O. The highest BCUT2D eigenvalue weighted by Gasteiger charge is 2.15. The zero-order valence-corrected chi connectivity index (χ0v) is 11.1. The maximum absolute atomic E-state index is 11.3. The zero-order chi connectivity index (χ0) is 15.2. The number of aliphatic hydroxyl groups excluding tert-OH is 1. The van der Waals surface area contributed by atoms with Crippen LogP contribution in [0.5, 0.6) is 0 Å². The van der Waals surface area contributed by atoms with E-state index in [1.54, 1.807) is 12.1 Å². The van der Waals surface area contributed by atoms with Gasteiger partial charge in [-0.05, 0) is 0 Å². The van der Waals surface area contributed by atoms with E-state index in [1.807, 2.05) is 18.2 Å². The van der Waals surface area contributed by atoms with Gasteiger partial charge in [0.05, 0.1) is 11.9 Å². The van der Waals surface area contributed by atoms with Gasteiger partial charge in [0, 0.05) is 18.5 Å². The molecule has 7 heteroatoms. The molecule has 0 aliphatic carbocycles. The van der Waals surface area contributed by atoms with Crippen molar-refractivity contribution in [1.82, 2.24) is 9.97 Å². The highest BCUT2D eigenvalue weighted by atomic mass is 16.5. The Morgan fingerprint density at radius 3 is 2.57 bits per heavy atom. The second-order valence-electron chi connectivity index (χ2n) is 4.32. The molecule has 0 amide bonds. The molecule has 0 atom stereocenters. The molecule has 21 heavy (non-hydrogen) atoms. The number of benzene rings is 1. The fourth-order valence-electron chi connectivity index (χ4n) is 1.74. The van der Waals surface area contributed by atoms with Crippen LogP contribution in [0.2, 0.25) is 0 Å². The van der Waals surface area contributed by atoms with Crippen molar-refractivity contribution >= 4 is 11.7 Å². The van der Waals surface area contributed by atoms with Crippen molar-refractivity contribution in [3.63, 3.8) is 0 Å². The minimum atomic E-state index is -1.45. The maximum Gasteiger partial charge on any atom is 0.356 e. The highest BCUT2D eigenvalue weighted by Crippen LogP contribution is 2.19. The Hall–Kier alpha value is -2.51. The van der Waals surface area contributed by atoms with Gasteiger partial charge in [0.1, 0.15) is 0 Å². The first-order valence-electron chi connectivity index (χ1n) is 6.33. The molecule has 2 rings (SSSR count). The van der Waals surface area contributed by atoms with Gasteiger partial charge in [-0.1, -0.05) is 30.3 Å². The Morgan fingerprint density at radius 2 is 1.95 bits per heavy atom. The van der Waals surface area contributed by atoms with Crippen molar-refractivity contribution in [1.29, 1.82) is 0 Å². The number of carbonyl (C=O) groups is 1. The van der Waals surface area contributed by atoms with E-state index in [0.29, 0.717) is 5.82 Å². The monoisotopic (exact) mass is 289 g/mol. The summed E-state index contributed by atoms with van der Waals surface area (Å²) in [6.07, 6.45) is -0.00234. The molecule has 0 radical (unpaired) electrons. The lowest BCUT2D eigenvalue weighted by molar-refractivity contribution is -0.0423. The minimum absolute atomic E-state index is 0.0689. The van der Waals surface area contributed by atoms with Crippen LogP contribution in [0.1, 0.15) is 16.9 Å². The summed E-state index contributed by atoms with van der Waals surface area (Å²) in [4.78, 5) is 19.4. The second-order valence-corrected chi connectivity index (χ2v) is 4.32. The Labute approximate surface area is 120 Å². The number of aromatic nitrogens is 2. The third-order valence-corrected chi connectivity index (χ3v) is 2.74. The molecule has 4 N–H and O–H groups in total. The average molecular weight is 289 g/mol. The van der Waals surface area contributed by atoms with Crippen LogP contribution < -0.4 is 5.32 Å². The van der Waals surface area contributed by atoms with Crippen molar-refractivity contribution in [2.24, 2.45) is 0 Å². The summed E-state index contributed by atoms with van der Waals surface area (Å²) in [5, 5.41) is 29.5. The van der Waals surface area contributed by atoms with E-state index < -0.39 is 12.3 Å². The standard InChI is InChI=1S/C14H15N3O4/c18-11(19)6-7-15-10-8-16-13(17-12(10)14(20)21)9-4-2-1-3-5-9/h1-5,8,11,15,18-19H,6-7H2,(H,20,21). The Morgan fingerprint density at radius 1 is 1.24 bits per heavy atom. The number of nitrogens with zero attached hydrogens (tertiary/aromatic N) is 2. The van der Waals surface area contributed by atoms with Crippen molar-refractivity contribution in [2.45, 2.75) is 12.7 Å². The quantitative estimate of drug-likeness (QED) is 0.585. The first kappa shape index (κ1) is 14.9. The number of hydrogen-bond donors (Lipinski definition) is 4. The molecule has 0 aliphatic heterocycles. The van der Waals surface area contributed by atoms with Crippen LogP contribution in [0.4, 0.5) is 5.69 Å². The molecule has 7 nitrogen and oxygen atoms in total. The van der Waals surface area contributed by atoms with Gasteiger partial charge in [-0.25, -0.2) is 14.8 Å². The molecule has 110 valence electrons. The summed E-state index contributed by atoms with van der Waals surface area (Å²) in [5.74, 6) is -0.859. The molecule has 0 unspecified atom stereocenters. The van der Waals surface area contributed by atoms with Gasteiger partial charge in [0.25, 0.3) is 0 Å². The molecule has 0 saturated carbocycles. The number of anilines is 1. The molecular formula is C14H15N3O4. The summed E-state index contributed by atoms with van der Waals surface area (Å²) in [7, 11) is 0. The number of carboxylic acids is 1. The molecule has 1 aromatic carbocycles. The van der Waals surface area contributed by atoms with Gasteiger partial charge >= 0.3 is 5.97 Å². The fraction of sp³-hybridized carbons (Fsp3) is 0.214. The summed E-state index contributed by atoms with van der Waals surface area (Å²) in [6, 6.07) is 9.05. The topological polar surface area (TPSA) is 116 Å². The van der Waals surface area contributed by atoms with Crippen LogP contribution in [0, 0.1) is 0 Å². The highest BCUT2D eigenvalue weighted by molar-refractivity contribution is 5.92. The smallest absolute Gasteiger partial charge is 0.356 e. The summed E-state index contributed by atoms with van der Waals surface area (Å²) in [5.41, 5.74) is 0.802. The zero-order valence-electron chi connectivity index (χ0n) is 11.1. The van der Waals surface area contributed by atoms with Crippen molar-refractivity contribution < 1.29 is 20.1 Å². The summed E-state index contributed by atoms with van der Waals surface area (Å²) >= 11 is 0. The molecule has 0 bridgehead atoms. The Bertz CT molecular complexity index is 617. The molecule has 2 aromatic rings. The number of nitrogens with one attached hydrogen (secondary N) is 1. The van der Waals surface area contributed by atoms with Crippen molar-refractivity contribution in [3.8, 4) is 11.4 Å². The average Bonchev–Trinajstić information content (AvgIpc) is 2.48. The molecule has 1 aromatic heterocycles. The van der Waals surface area contributed by atoms with Crippen LogP contribution in [0.25, 0.3) is 11.4 Å². The van der Waals surface area contributed by atoms with Gasteiger partial charge < -0.3 is 20.6 Å². The molecule has 0 saturated heterocycles. The largest absolute Gasteiger partial charge is 0.476 e. The number of aromatic carboxylic acids is 1. The van der Waals surface area contributed by atoms with Crippen LogP contribution >= 0.6 is 0 Å². The van der Waals surface area contributed by atoms with Crippen molar-refractivity contribution in [3.05, 3.63) is 42.2 Å². The van der Waals surface area contributed by atoms with Gasteiger partial charge in [0.2, 0.25) is 0 Å². The second kappa shape index (κ2) is 6.78. The molecule has 0 aliphatic rings. The van der Waals surface area contributed by atoms with Crippen molar-refractivity contribution in [2.75, 3.05) is 11.9 Å². The van der Waals surface area contributed by atoms with E-state index in [0.717, 1.165) is 5.56 Å². The number of aliphatic hydroxyl groups is 2. The molecule has 1 heterocycles.